The number of fused-ring (bicyclic) bond motifs is 1. The molecule has 0 unspecified atom stereocenters. The molecule has 1 aromatic carbocycles. The minimum Gasteiger partial charge on any atom is -0.456 e. The lowest BCUT2D eigenvalue weighted by Gasteiger charge is -2.13. The maximum absolute atomic E-state index is 12.4. The summed E-state index contributed by atoms with van der Waals surface area (Å²) in [5.74, 6) is -0.527. The summed E-state index contributed by atoms with van der Waals surface area (Å²) < 4.78 is 10.9. The average molecular weight is 476 g/mol. The number of aromatic nitrogens is 2. The zero-order valence-corrected chi connectivity index (χ0v) is 17.4. The maximum atomic E-state index is 12.4. The van der Waals surface area contributed by atoms with Gasteiger partial charge < -0.3 is 9.26 Å². The molecule has 10 heteroatoms. The van der Waals surface area contributed by atoms with E-state index in [1.54, 1.807) is 18.2 Å². The van der Waals surface area contributed by atoms with Crippen LogP contribution in [0, 0.1) is 0 Å². The predicted molar refractivity (Wildman–Crippen MR) is 106 cm³/mol. The van der Waals surface area contributed by atoms with E-state index in [4.69, 9.17) is 9.26 Å². The number of carbonyl (C=O) groups excluding carboxylic acids is 3. The molecule has 0 atom stereocenters. The Hall–Kier alpha value is -2.85. The first kappa shape index (κ1) is 19.5. The van der Waals surface area contributed by atoms with Crippen LogP contribution in [0.25, 0.3) is 10.7 Å². The number of hydrogen-bond acceptors (Lipinski definition) is 8. The van der Waals surface area contributed by atoms with Gasteiger partial charge in [-0.2, -0.15) is 4.98 Å². The topological polar surface area (TPSA) is 103 Å². The SMILES string of the molecule is O=C(CCCN1C(=O)c2ccc(Br)cc2C1=O)OCc1nc(-c2cccs2)no1. The average Bonchev–Trinajstić information content (AvgIpc) is 3.43. The van der Waals surface area contributed by atoms with E-state index in [1.165, 1.54) is 11.3 Å². The summed E-state index contributed by atoms with van der Waals surface area (Å²) in [4.78, 5) is 42.9. The van der Waals surface area contributed by atoms with E-state index in [0.717, 1.165) is 14.2 Å². The van der Waals surface area contributed by atoms with Gasteiger partial charge in [-0.1, -0.05) is 27.2 Å². The lowest BCUT2D eigenvalue weighted by Crippen LogP contribution is -2.31. The number of esters is 1. The molecule has 0 radical (unpaired) electrons. The highest BCUT2D eigenvalue weighted by Crippen LogP contribution is 2.26. The molecule has 1 aliphatic heterocycles. The summed E-state index contributed by atoms with van der Waals surface area (Å²) >= 11 is 4.77. The highest BCUT2D eigenvalue weighted by atomic mass is 79.9. The fourth-order valence-corrected chi connectivity index (χ4v) is 3.89. The number of thiophene rings is 1. The zero-order chi connectivity index (χ0) is 20.4. The Labute approximate surface area is 177 Å². The van der Waals surface area contributed by atoms with E-state index in [-0.39, 0.29) is 37.3 Å². The smallest absolute Gasteiger partial charge is 0.306 e. The van der Waals surface area contributed by atoms with Gasteiger partial charge in [-0.3, -0.25) is 19.3 Å². The molecule has 0 spiro atoms. The largest absolute Gasteiger partial charge is 0.456 e. The molecular formula is C19H14BrN3O5S. The van der Waals surface area contributed by atoms with Crippen LogP contribution in [0.5, 0.6) is 0 Å². The van der Waals surface area contributed by atoms with Gasteiger partial charge in [0.05, 0.1) is 16.0 Å². The Bertz CT molecular complexity index is 1080. The Morgan fingerprint density at radius 1 is 1.21 bits per heavy atom. The van der Waals surface area contributed by atoms with Crippen LogP contribution in [-0.4, -0.2) is 39.4 Å². The van der Waals surface area contributed by atoms with Crippen molar-refractivity contribution in [1.29, 1.82) is 0 Å². The first-order valence-corrected chi connectivity index (χ1v) is 10.4. The van der Waals surface area contributed by atoms with E-state index >= 15 is 0 Å². The molecule has 0 N–H and O–H groups in total. The van der Waals surface area contributed by atoms with Crippen molar-refractivity contribution < 1.29 is 23.6 Å². The number of carbonyl (C=O) groups is 3. The molecule has 0 bridgehead atoms. The fraction of sp³-hybridized carbons (Fsp3) is 0.211. The van der Waals surface area contributed by atoms with Crippen molar-refractivity contribution in [2.24, 2.45) is 0 Å². The number of rotatable bonds is 7. The molecule has 3 heterocycles. The molecule has 0 aliphatic carbocycles. The number of amides is 2. The van der Waals surface area contributed by atoms with Crippen LogP contribution in [0.15, 0.2) is 44.7 Å². The number of nitrogens with zero attached hydrogens (tertiary/aromatic N) is 3. The Balaban J connectivity index is 1.25. The van der Waals surface area contributed by atoms with Gasteiger partial charge in [-0.25, -0.2) is 0 Å². The summed E-state index contributed by atoms with van der Waals surface area (Å²) in [6.07, 6.45) is 0.360. The number of halogens is 1. The Morgan fingerprint density at radius 3 is 2.83 bits per heavy atom. The van der Waals surface area contributed by atoms with Crippen LogP contribution in [0.2, 0.25) is 0 Å². The van der Waals surface area contributed by atoms with Crippen molar-refractivity contribution in [3.8, 4) is 10.7 Å². The van der Waals surface area contributed by atoms with Crippen LogP contribution >= 0.6 is 27.3 Å². The Morgan fingerprint density at radius 2 is 2.03 bits per heavy atom. The predicted octanol–water partition coefficient (Wildman–Crippen LogP) is 3.68. The van der Waals surface area contributed by atoms with Crippen molar-refractivity contribution in [1.82, 2.24) is 15.0 Å². The van der Waals surface area contributed by atoms with E-state index in [0.29, 0.717) is 23.4 Å². The lowest BCUT2D eigenvalue weighted by molar-refractivity contribution is -0.145. The number of ether oxygens (including phenoxy) is 1. The summed E-state index contributed by atoms with van der Waals surface area (Å²) in [5.41, 5.74) is 0.739. The third kappa shape index (κ3) is 4.13. The van der Waals surface area contributed by atoms with Crippen LogP contribution < -0.4 is 0 Å². The summed E-state index contributed by atoms with van der Waals surface area (Å²) in [6, 6.07) is 8.69. The van der Waals surface area contributed by atoms with Crippen molar-refractivity contribution in [3.63, 3.8) is 0 Å². The molecule has 8 nitrogen and oxygen atoms in total. The number of imide groups is 1. The molecule has 4 rings (SSSR count). The minimum absolute atomic E-state index is 0.0586. The molecule has 148 valence electrons. The third-order valence-corrected chi connectivity index (χ3v) is 5.62. The molecule has 3 aromatic rings. The highest BCUT2D eigenvalue weighted by Gasteiger charge is 2.35. The van der Waals surface area contributed by atoms with Crippen LogP contribution in [0.3, 0.4) is 0 Å². The minimum atomic E-state index is -0.472. The first-order chi connectivity index (χ1) is 14.0. The van der Waals surface area contributed by atoms with Gasteiger partial charge in [-0.05, 0) is 36.1 Å². The van der Waals surface area contributed by atoms with E-state index in [9.17, 15) is 14.4 Å². The number of hydrogen-bond donors (Lipinski definition) is 0. The lowest BCUT2D eigenvalue weighted by atomic mass is 10.1. The second-order valence-corrected chi connectivity index (χ2v) is 8.07. The molecule has 2 aromatic heterocycles. The summed E-state index contributed by atoms with van der Waals surface area (Å²) in [6.45, 7) is 0.0143. The molecule has 2 amide bonds. The Kier molecular flexibility index (Phi) is 5.54. The summed E-state index contributed by atoms with van der Waals surface area (Å²) in [7, 11) is 0. The molecule has 0 saturated carbocycles. The van der Waals surface area contributed by atoms with Crippen molar-refractivity contribution in [2.75, 3.05) is 6.54 Å². The van der Waals surface area contributed by atoms with Gasteiger partial charge in [-0.15, -0.1) is 11.3 Å². The van der Waals surface area contributed by atoms with Crippen molar-refractivity contribution in [2.45, 2.75) is 19.4 Å². The fourth-order valence-electron chi connectivity index (χ4n) is 2.88. The number of benzene rings is 1. The third-order valence-electron chi connectivity index (χ3n) is 4.26. The molecule has 1 aliphatic rings. The van der Waals surface area contributed by atoms with E-state index < -0.39 is 5.97 Å². The van der Waals surface area contributed by atoms with Gasteiger partial charge in [0.15, 0.2) is 6.61 Å². The van der Waals surface area contributed by atoms with Gasteiger partial charge in [0.2, 0.25) is 5.82 Å². The highest BCUT2D eigenvalue weighted by molar-refractivity contribution is 9.10. The van der Waals surface area contributed by atoms with Crippen LogP contribution in [0.4, 0.5) is 0 Å². The summed E-state index contributed by atoms with van der Waals surface area (Å²) in [5, 5.41) is 5.74. The van der Waals surface area contributed by atoms with E-state index in [1.807, 2.05) is 17.5 Å². The quantitative estimate of drug-likeness (QED) is 0.379. The zero-order valence-electron chi connectivity index (χ0n) is 15.0. The van der Waals surface area contributed by atoms with Crippen molar-refractivity contribution >= 4 is 45.1 Å². The van der Waals surface area contributed by atoms with Crippen LogP contribution in [-0.2, 0) is 16.1 Å². The second kappa shape index (κ2) is 8.26. The van der Waals surface area contributed by atoms with E-state index in [2.05, 4.69) is 26.1 Å². The van der Waals surface area contributed by atoms with Gasteiger partial charge >= 0.3 is 5.97 Å². The molecule has 0 fully saturated rings. The van der Waals surface area contributed by atoms with Crippen LogP contribution in [0.1, 0.15) is 39.4 Å². The van der Waals surface area contributed by atoms with Gasteiger partial charge in [0, 0.05) is 17.4 Å². The molecular weight excluding hydrogens is 462 g/mol. The molecule has 0 saturated heterocycles. The van der Waals surface area contributed by atoms with Crippen molar-refractivity contribution in [3.05, 3.63) is 57.2 Å². The monoisotopic (exact) mass is 475 g/mol. The normalized spacial score (nSPS) is 13.1. The molecule has 29 heavy (non-hydrogen) atoms. The standard InChI is InChI=1S/C19H14BrN3O5S/c20-11-5-6-12-13(9-11)19(26)23(18(12)25)7-1-4-16(24)27-10-15-21-17(22-28-15)14-3-2-8-29-14/h2-3,5-6,8-9H,1,4,7,10H2. The van der Waals surface area contributed by atoms with Gasteiger partial charge in [0.1, 0.15) is 0 Å². The second-order valence-electron chi connectivity index (χ2n) is 6.21. The maximum Gasteiger partial charge on any atom is 0.306 e. The first-order valence-electron chi connectivity index (χ1n) is 8.71. The van der Waals surface area contributed by atoms with Gasteiger partial charge in [0.25, 0.3) is 17.7 Å².